The maximum atomic E-state index is 6.18. The largest absolute Gasteiger partial charge is 0.454 e. The Kier molecular flexibility index (Phi) is 4.42. The van der Waals surface area contributed by atoms with Crippen LogP contribution in [0.5, 0.6) is 0 Å². The van der Waals surface area contributed by atoms with Crippen LogP contribution in [0.1, 0.15) is 11.5 Å². The van der Waals surface area contributed by atoms with Crippen LogP contribution in [0.2, 0.25) is 0 Å². The number of nitrogens with one attached hydrogen (secondary N) is 2. The second-order valence-corrected chi connectivity index (χ2v) is 9.12. The van der Waals surface area contributed by atoms with Crippen molar-refractivity contribution in [2.24, 2.45) is 0 Å². The lowest BCUT2D eigenvalue weighted by Crippen LogP contribution is -2.40. The summed E-state index contributed by atoms with van der Waals surface area (Å²) >= 11 is 0. The second-order valence-electron chi connectivity index (χ2n) is 9.12. The van der Waals surface area contributed by atoms with Crippen molar-refractivity contribution >= 4 is 44.1 Å². The quantitative estimate of drug-likeness (QED) is 0.293. The van der Waals surface area contributed by atoms with Crippen LogP contribution in [0.25, 0.3) is 43.8 Å². The molecule has 34 heavy (non-hydrogen) atoms. The Morgan fingerprint density at radius 3 is 2.24 bits per heavy atom. The first-order valence-electron chi connectivity index (χ1n) is 11.8. The van der Waals surface area contributed by atoms with Gasteiger partial charge in [0.2, 0.25) is 0 Å². The van der Waals surface area contributed by atoms with Crippen LogP contribution in [0.15, 0.2) is 108 Å². The summed E-state index contributed by atoms with van der Waals surface area (Å²) in [6.07, 6.45) is 0. The third kappa shape index (κ3) is 3.17. The van der Waals surface area contributed by atoms with Gasteiger partial charge < -0.3 is 15.1 Å². The van der Waals surface area contributed by atoms with Crippen molar-refractivity contribution in [2.75, 3.05) is 18.4 Å². The summed E-state index contributed by atoms with van der Waals surface area (Å²) in [5.41, 5.74) is 7.85. The van der Waals surface area contributed by atoms with E-state index in [0.717, 1.165) is 46.4 Å². The molecule has 0 atom stereocenters. The number of furan rings is 1. The molecule has 0 unspecified atom stereocenters. The lowest BCUT2D eigenvalue weighted by Gasteiger charge is -2.30. The van der Waals surface area contributed by atoms with Crippen molar-refractivity contribution < 1.29 is 4.42 Å². The summed E-state index contributed by atoms with van der Waals surface area (Å²) < 4.78 is 6.18. The van der Waals surface area contributed by atoms with E-state index in [4.69, 9.17) is 4.42 Å². The van der Waals surface area contributed by atoms with Crippen molar-refractivity contribution in [3.05, 3.63) is 109 Å². The first-order valence-corrected chi connectivity index (χ1v) is 11.8. The lowest BCUT2D eigenvalue weighted by atomic mass is 9.85. The number of rotatable bonds is 4. The molecule has 2 heterocycles. The molecule has 0 bridgehead atoms. The summed E-state index contributed by atoms with van der Waals surface area (Å²) in [6.45, 7) is 2.10. The highest BCUT2D eigenvalue weighted by atomic mass is 16.3. The number of anilines is 2. The van der Waals surface area contributed by atoms with E-state index in [-0.39, 0.29) is 0 Å². The Hall–Kier alpha value is -4.08. The summed E-state index contributed by atoms with van der Waals surface area (Å²) in [5.74, 6) is 0.572. The summed E-state index contributed by atoms with van der Waals surface area (Å²) in [7, 11) is 0. The average molecular weight is 441 g/mol. The van der Waals surface area contributed by atoms with E-state index in [1.807, 2.05) is 12.1 Å². The molecular formula is C31H24N2O. The molecule has 1 fully saturated rings. The number of hydrogen-bond donors (Lipinski definition) is 2. The fourth-order valence-electron chi connectivity index (χ4n) is 5.09. The van der Waals surface area contributed by atoms with Gasteiger partial charge in [-0.3, -0.25) is 0 Å². The van der Waals surface area contributed by atoms with E-state index in [2.05, 4.69) is 102 Å². The lowest BCUT2D eigenvalue weighted by molar-refractivity contribution is 0.449. The molecule has 1 aliphatic heterocycles. The molecule has 0 radical (unpaired) electrons. The molecule has 164 valence electrons. The highest BCUT2D eigenvalue weighted by Crippen LogP contribution is 2.37. The van der Waals surface area contributed by atoms with Gasteiger partial charge in [-0.25, -0.2) is 0 Å². The normalized spacial score (nSPS) is 14.0. The van der Waals surface area contributed by atoms with Gasteiger partial charge in [-0.1, -0.05) is 72.8 Å². The van der Waals surface area contributed by atoms with Gasteiger partial charge >= 0.3 is 0 Å². The average Bonchev–Trinajstić information content (AvgIpc) is 3.23. The van der Waals surface area contributed by atoms with Gasteiger partial charge in [0.05, 0.1) is 5.69 Å². The molecular weight excluding hydrogens is 416 g/mol. The Bertz CT molecular complexity index is 1660. The standard InChI is InChI=1S/C31H24N2O/c1-2-7-22-17-28(23-18-32-19-23)27(16-21(22)6-1)20-12-14-24(15-13-20)33-29-10-5-9-26-25-8-3-4-11-30(25)34-31(26)29/h1-17,23,32-33H,18-19H2. The molecule has 0 amide bonds. The van der Waals surface area contributed by atoms with Crippen LogP contribution in [0.3, 0.4) is 0 Å². The van der Waals surface area contributed by atoms with Crippen molar-refractivity contribution in [3.8, 4) is 11.1 Å². The zero-order chi connectivity index (χ0) is 22.5. The van der Waals surface area contributed by atoms with Gasteiger partial charge in [0.25, 0.3) is 0 Å². The van der Waals surface area contributed by atoms with E-state index in [9.17, 15) is 0 Å². The molecule has 3 nitrogen and oxygen atoms in total. The van der Waals surface area contributed by atoms with E-state index < -0.39 is 0 Å². The SMILES string of the molecule is c1ccc2cc(C3CNC3)c(-c3ccc(Nc4cccc5c4oc4ccccc45)cc3)cc2c1. The van der Waals surface area contributed by atoms with Crippen LogP contribution in [-0.2, 0) is 0 Å². The third-order valence-electron chi connectivity index (χ3n) is 7.02. The molecule has 6 aromatic rings. The maximum absolute atomic E-state index is 6.18. The number of para-hydroxylation sites is 2. The smallest absolute Gasteiger partial charge is 0.158 e. The molecule has 0 spiro atoms. The van der Waals surface area contributed by atoms with Crippen LogP contribution in [0.4, 0.5) is 11.4 Å². The van der Waals surface area contributed by atoms with E-state index in [0.29, 0.717) is 5.92 Å². The van der Waals surface area contributed by atoms with Gasteiger partial charge in [0, 0.05) is 35.5 Å². The monoisotopic (exact) mass is 440 g/mol. The van der Waals surface area contributed by atoms with Crippen LogP contribution in [0, 0.1) is 0 Å². The van der Waals surface area contributed by atoms with E-state index >= 15 is 0 Å². The zero-order valence-electron chi connectivity index (χ0n) is 18.7. The molecule has 1 aliphatic rings. The molecule has 1 saturated heterocycles. The molecule has 3 heteroatoms. The van der Waals surface area contributed by atoms with Crippen molar-refractivity contribution in [1.29, 1.82) is 0 Å². The first kappa shape index (κ1) is 19.4. The topological polar surface area (TPSA) is 37.2 Å². The minimum Gasteiger partial charge on any atom is -0.454 e. The minimum absolute atomic E-state index is 0.572. The predicted molar refractivity (Wildman–Crippen MR) is 142 cm³/mol. The van der Waals surface area contributed by atoms with Crippen LogP contribution < -0.4 is 10.6 Å². The van der Waals surface area contributed by atoms with Crippen LogP contribution >= 0.6 is 0 Å². The molecule has 5 aromatic carbocycles. The van der Waals surface area contributed by atoms with Gasteiger partial charge in [-0.05, 0) is 57.8 Å². The summed E-state index contributed by atoms with van der Waals surface area (Å²) in [6, 6.07) is 36.6. The second kappa shape index (κ2) is 7.75. The molecule has 7 rings (SSSR count). The highest BCUT2D eigenvalue weighted by molar-refractivity contribution is 6.09. The van der Waals surface area contributed by atoms with Gasteiger partial charge in [-0.15, -0.1) is 0 Å². The van der Waals surface area contributed by atoms with Crippen LogP contribution in [-0.4, -0.2) is 13.1 Å². The van der Waals surface area contributed by atoms with Crippen molar-refractivity contribution in [3.63, 3.8) is 0 Å². The Morgan fingerprint density at radius 1 is 0.706 bits per heavy atom. The number of fused-ring (bicyclic) bond motifs is 4. The Labute approximate surface area is 198 Å². The van der Waals surface area contributed by atoms with E-state index in [1.54, 1.807) is 0 Å². The van der Waals surface area contributed by atoms with Crippen molar-refractivity contribution in [2.45, 2.75) is 5.92 Å². The highest BCUT2D eigenvalue weighted by Gasteiger charge is 2.23. The zero-order valence-corrected chi connectivity index (χ0v) is 18.7. The van der Waals surface area contributed by atoms with Crippen molar-refractivity contribution in [1.82, 2.24) is 5.32 Å². The minimum atomic E-state index is 0.572. The fourth-order valence-corrected chi connectivity index (χ4v) is 5.09. The number of hydrogen-bond acceptors (Lipinski definition) is 3. The molecule has 2 N–H and O–H groups in total. The molecule has 0 aliphatic carbocycles. The first-order chi connectivity index (χ1) is 16.8. The van der Waals surface area contributed by atoms with Gasteiger partial charge in [0.15, 0.2) is 5.58 Å². The maximum Gasteiger partial charge on any atom is 0.158 e. The molecule has 0 saturated carbocycles. The summed E-state index contributed by atoms with van der Waals surface area (Å²) in [4.78, 5) is 0. The Morgan fingerprint density at radius 2 is 1.44 bits per heavy atom. The summed E-state index contributed by atoms with van der Waals surface area (Å²) in [5, 5.41) is 11.9. The predicted octanol–water partition coefficient (Wildman–Crippen LogP) is 7.84. The third-order valence-corrected chi connectivity index (χ3v) is 7.02. The van der Waals surface area contributed by atoms with E-state index in [1.165, 1.54) is 27.5 Å². The van der Waals surface area contributed by atoms with Gasteiger partial charge in [-0.2, -0.15) is 0 Å². The Balaban J connectivity index is 1.26. The number of benzene rings is 5. The van der Waals surface area contributed by atoms with Gasteiger partial charge in [0.1, 0.15) is 5.58 Å². The fraction of sp³-hybridized carbons (Fsp3) is 0.0968. The molecule has 1 aromatic heterocycles.